The van der Waals surface area contributed by atoms with Crippen LogP contribution in [0.15, 0.2) is 0 Å². The van der Waals surface area contributed by atoms with Gasteiger partial charge >= 0.3 is 0 Å². The summed E-state index contributed by atoms with van der Waals surface area (Å²) in [5.41, 5.74) is -0.295. The zero-order valence-corrected chi connectivity index (χ0v) is 11.8. The molecular weight excluding hydrogens is 214 g/mol. The molecule has 0 saturated carbocycles. The van der Waals surface area contributed by atoms with Crippen LogP contribution < -0.4 is 0 Å². The maximum atomic E-state index is 12.2. The fourth-order valence-corrected chi connectivity index (χ4v) is 2.39. The van der Waals surface area contributed by atoms with Crippen LogP contribution in [-0.4, -0.2) is 43.0 Å². The van der Waals surface area contributed by atoms with Crippen molar-refractivity contribution in [3.05, 3.63) is 0 Å². The van der Waals surface area contributed by atoms with Crippen LogP contribution in [0, 0.1) is 0 Å². The van der Waals surface area contributed by atoms with Crippen LogP contribution in [0.2, 0.25) is 0 Å². The highest BCUT2D eigenvalue weighted by molar-refractivity contribution is 5.87. The largest absolute Gasteiger partial charge is 0.378 e. The second-order valence-electron chi connectivity index (χ2n) is 5.47. The van der Waals surface area contributed by atoms with Gasteiger partial charge in [0, 0.05) is 13.0 Å². The summed E-state index contributed by atoms with van der Waals surface area (Å²) < 4.78 is 5.57. The van der Waals surface area contributed by atoms with E-state index in [2.05, 4.69) is 6.92 Å². The molecule has 0 bridgehead atoms. The lowest BCUT2D eigenvalue weighted by Crippen LogP contribution is -2.47. The number of ketones is 1. The predicted molar refractivity (Wildman–Crippen MR) is 70.2 cm³/mol. The Bertz CT molecular complexity index is 247. The number of rotatable bonds is 7. The smallest absolute Gasteiger partial charge is 0.152 e. The molecule has 2 atom stereocenters. The first-order valence-corrected chi connectivity index (χ1v) is 6.83. The van der Waals surface area contributed by atoms with Gasteiger partial charge in [0.1, 0.15) is 0 Å². The maximum Gasteiger partial charge on any atom is 0.152 e. The van der Waals surface area contributed by atoms with E-state index in [0.717, 1.165) is 25.9 Å². The van der Waals surface area contributed by atoms with E-state index in [4.69, 9.17) is 4.74 Å². The zero-order chi connectivity index (χ0) is 12.9. The molecule has 0 aromatic heterocycles. The van der Waals surface area contributed by atoms with E-state index in [0.29, 0.717) is 18.3 Å². The van der Waals surface area contributed by atoms with Crippen molar-refractivity contribution >= 4 is 5.78 Å². The quantitative estimate of drug-likeness (QED) is 0.686. The Hall–Kier alpha value is -0.410. The number of ether oxygens (including phenoxy) is 1. The number of hydrogen-bond acceptors (Lipinski definition) is 3. The standard InChI is InChI=1S/C14H27NO2/c1-5-14(2,15(3)4)13(16)10-6-8-12-9-7-11-17-12/h12H,5-11H2,1-4H3. The molecule has 0 aromatic carbocycles. The van der Waals surface area contributed by atoms with Gasteiger partial charge in [0.05, 0.1) is 11.6 Å². The SMILES string of the molecule is CCC(C)(C(=O)CCCC1CCCO1)N(C)C. The molecule has 1 saturated heterocycles. The van der Waals surface area contributed by atoms with Gasteiger partial charge in [-0.2, -0.15) is 0 Å². The highest BCUT2D eigenvalue weighted by Gasteiger charge is 2.32. The maximum absolute atomic E-state index is 12.2. The van der Waals surface area contributed by atoms with E-state index in [-0.39, 0.29) is 5.54 Å². The number of carbonyl (C=O) groups excluding carboxylic acids is 1. The molecule has 3 heteroatoms. The Morgan fingerprint density at radius 2 is 2.18 bits per heavy atom. The molecule has 0 amide bonds. The summed E-state index contributed by atoms with van der Waals surface area (Å²) in [6.07, 6.45) is 6.33. The van der Waals surface area contributed by atoms with Crippen LogP contribution in [0.5, 0.6) is 0 Å². The van der Waals surface area contributed by atoms with Crippen molar-refractivity contribution in [1.29, 1.82) is 0 Å². The topological polar surface area (TPSA) is 29.5 Å². The molecule has 1 aliphatic heterocycles. The Morgan fingerprint density at radius 3 is 2.65 bits per heavy atom. The monoisotopic (exact) mass is 241 g/mol. The Balaban J connectivity index is 2.32. The Labute approximate surface area is 106 Å². The number of carbonyl (C=O) groups is 1. The van der Waals surface area contributed by atoms with Crippen LogP contribution in [0.1, 0.15) is 52.4 Å². The van der Waals surface area contributed by atoms with E-state index in [1.165, 1.54) is 12.8 Å². The molecule has 0 aliphatic carbocycles. The van der Waals surface area contributed by atoms with E-state index < -0.39 is 0 Å². The minimum absolute atomic E-state index is 0.295. The van der Waals surface area contributed by atoms with E-state index in [1.54, 1.807) is 0 Å². The molecule has 1 heterocycles. The molecule has 0 N–H and O–H groups in total. The molecule has 17 heavy (non-hydrogen) atoms. The average Bonchev–Trinajstić information content (AvgIpc) is 2.80. The molecule has 1 rings (SSSR count). The number of hydrogen-bond donors (Lipinski definition) is 0. The molecule has 0 aromatic rings. The lowest BCUT2D eigenvalue weighted by molar-refractivity contribution is -0.129. The summed E-state index contributed by atoms with van der Waals surface area (Å²) in [4.78, 5) is 14.3. The molecule has 3 nitrogen and oxygen atoms in total. The van der Waals surface area contributed by atoms with Crippen molar-refractivity contribution in [1.82, 2.24) is 4.90 Å². The molecule has 2 unspecified atom stereocenters. The van der Waals surface area contributed by atoms with Gasteiger partial charge in [0.15, 0.2) is 5.78 Å². The lowest BCUT2D eigenvalue weighted by Gasteiger charge is -2.34. The van der Waals surface area contributed by atoms with Gasteiger partial charge in [-0.3, -0.25) is 9.69 Å². The molecular formula is C14H27NO2. The van der Waals surface area contributed by atoms with Crippen LogP contribution in [0.4, 0.5) is 0 Å². The van der Waals surface area contributed by atoms with Gasteiger partial charge in [-0.1, -0.05) is 6.92 Å². The fraction of sp³-hybridized carbons (Fsp3) is 0.929. The van der Waals surface area contributed by atoms with Crippen molar-refractivity contribution in [3.8, 4) is 0 Å². The molecule has 1 aliphatic rings. The molecule has 100 valence electrons. The van der Waals surface area contributed by atoms with Crippen molar-refractivity contribution < 1.29 is 9.53 Å². The van der Waals surface area contributed by atoms with E-state index in [1.807, 2.05) is 25.9 Å². The summed E-state index contributed by atoms with van der Waals surface area (Å²) in [6.45, 7) is 5.03. The van der Waals surface area contributed by atoms with Gasteiger partial charge in [-0.15, -0.1) is 0 Å². The number of nitrogens with zero attached hydrogens (tertiary/aromatic N) is 1. The zero-order valence-electron chi connectivity index (χ0n) is 11.8. The Kier molecular flexibility index (Phi) is 5.60. The minimum Gasteiger partial charge on any atom is -0.378 e. The van der Waals surface area contributed by atoms with Gasteiger partial charge in [-0.25, -0.2) is 0 Å². The highest BCUT2D eigenvalue weighted by atomic mass is 16.5. The predicted octanol–water partition coefficient (Wildman–Crippen LogP) is 2.64. The van der Waals surface area contributed by atoms with Crippen molar-refractivity contribution in [2.24, 2.45) is 0 Å². The fourth-order valence-electron chi connectivity index (χ4n) is 2.39. The van der Waals surface area contributed by atoms with Gasteiger partial charge < -0.3 is 4.74 Å². The second-order valence-corrected chi connectivity index (χ2v) is 5.47. The number of Topliss-reactive ketones (excluding diaryl/α,β-unsaturated/α-hetero) is 1. The summed E-state index contributed by atoms with van der Waals surface area (Å²) in [7, 11) is 3.98. The first-order valence-electron chi connectivity index (χ1n) is 6.83. The second kappa shape index (κ2) is 6.50. The third kappa shape index (κ3) is 3.78. The van der Waals surface area contributed by atoms with Crippen LogP contribution >= 0.6 is 0 Å². The number of likely N-dealkylation sites (N-methyl/N-ethyl adjacent to an activating group) is 1. The summed E-state index contributed by atoms with van der Waals surface area (Å²) in [5.74, 6) is 0.364. The average molecular weight is 241 g/mol. The van der Waals surface area contributed by atoms with Crippen LogP contribution in [0.25, 0.3) is 0 Å². The molecule has 0 radical (unpaired) electrons. The summed E-state index contributed by atoms with van der Waals surface area (Å²) in [6, 6.07) is 0. The highest BCUT2D eigenvalue weighted by Crippen LogP contribution is 2.22. The third-order valence-electron chi connectivity index (χ3n) is 4.23. The Morgan fingerprint density at radius 1 is 1.47 bits per heavy atom. The van der Waals surface area contributed by atoms with Crippen molar-refractivity contribution in [2.45, 2.75) is 64.0 Å². The summed E-state index contributed by atoms with van der Waals surface area (Å²) >= 11 is 0. The van der Waals surface area contributed by atoms with E-state index >= 15 is 0 Å². The minimum atomic E-state index is -0.295. The van der Waals surface area contributed by atoms with Crippen LogP contribution in [0.3, 0.4) is 0 Å². The first-order chi connectivity index (χ1) is 8.00. The molecule has 0 spiro atoms. The third-order valence-corrected chi connectivity index (χ3v) is 4.23. The molecule has 1 fully saturated rings. The first kappa shape index (κ1) is 14.7. The van der Waals surface area contributed by atoms with Crippen molar-refractivity contribution in [3.63, 3.8) is 0 Å². The lowest BCUT2D eigenvalue weighted by atomic mass is 9.88. The van der Waals surface area contributed by atoms with Gasteiger partial charge in [-0.05, 0) is 53.1 Å². The van der Waals surface area contributed by atoms with Gasteiger partial charge in [0.25, 0.3) is 0 Å². The van der Waals surface area contributed by atoms with E-state index in [9.17, 15) is 4.79 Å². The normalized spacial score (nSPS) is 23.9. The van der Waals surface area contributed by atoms with Crippen LogP contribution in [-0.2, 0) is 9.53 Å². The van der Waals surface area contributed by atoms with Gasteiger partial charge in [0.2, 0.25) is 0 Å². The summed E-state index contributed by atoms with van der Waals surface area (Å²) in [5, 5.41) is 0. The van der Waals surface area contributed by atoms with Crippen molar-refractivity contribution in [2.75, 3.05) is 20.7 Å².